The molecule has 12 nitrogen and oxygen atoms in total. The molecule has 0 saturated heterocycles. The zero-order chi connectivity index (χ0) is 33.2. The first-order valence-corrected chi connectivity index (χ1v) is 15.6. The number of carboxylic acid groups (broad SMARTS) is 1. The maximum atomic E-state index is 13.4. The Morgan fingerprint density at radius 1 is 0.841 bits per heavy atom. The summed E-state index contributed by atoms with van der Waals surface area (Å²) in [6, 6.07) is 4.53. The first-order valence-electron chi connectivity index (χ1n) is 15.6. The lowest BCUT2D eigenvalue weighted by atomic mass is 9.95. The van der Waals surface area contributed by atoms with Gasteiger partial charge in [-0.05, 0) is 42.2 Å². The lowest BCUT2D eigenvalue weighted by molar-refractivity contribution is -0.137. The van der Waals surface area contributed by atoms with Crippen LogP contribution in [-0.4, -0.2) is 69.1 Å². The van der Waals surface area contributed by atoms with E-state index in [1.165, 1.54) is 0 Å². The topological polar surface area (TPSA) is 194 Å². The molecule has 0 heterocycles. The van der Waals surface area contributed by atoms with Crippen LogP contribution in [0.25, 0.3) is 0 Å². The molecule has 0 fully saturated rings. The zero-order valence-electron chi connectivity index (χ0n) is 26.7. The highest BCUT2D eigenvalue weighted by Crippen LogP contribution is 2.14. The molecule has 0 unspecified atom stereocenters. The van der Waals surface area contributed by atoms with E-state index in [9.17, 15) is 34.2 Å². The number of carbonyl (C=O) groups is 5. The van der Waals surface area contributed by atoms with Gasteiger partial charge in [0.15, 0.2) is 0 Å². The molecule has 0 saturated carbocycles. The summed E-state index contributed by atoms with van der Waals surface area (Å²) in [6.07, 6.45) is 0.418. The molecule has 1 aromatic carbocycles. The van der Waals surface area contributed by atoms with Crippen molar-refractivity contribution in [2.24, 2.45) is 11.8 Å². The summed E-state index contributed by atoms with van der Waals surface area (Å²) < 4.78 is 0. The lowest BCUT2D eigenvalue weighted by Crippen LogP contribution is -2.57. The average molecular weight is 621 g/mol. The highest BCUT2D eigenvalue weighted by atomic mass is 16.4. The van der Waals surface area contributed by atoms with E-state index in [0.717, 1.165) is 11.1 Å². The third-order valence-corrected chi connectivity index (χ3v) is 7.42. The van der Waals surface area contributed by atoms with E-state index in [1.54, 1.807) is 31.2 Å². The zero-order valence-corrected chi connectivity index (χ0v) is 26.7. The molecular weight excluding hydrogens is 568 g/mol. The summed E-state index contributed by atoms with van der Waals surface area (Å²) in [4.78, 5) is 62.5. The number of hydrogen-bond acceptors (Lipinski definition) is 7. The van der Waals surface area contributed by atoms with Crippen molar-refractivity contribution in [2.45, 2.75) is 123 Å². The molecule has 5 atom stereocenters. The molecule has 1 aromatic rings. The minimum atomic E-state index is -1.17. The number of nitrogens with one attached hydrogen (secondary N) is 4. The van der Waals surface area contributed by atoms with E-state index in [1.807, 2.05) is 27.7 Å². The minimum absolute atomic E-state index is 0.0380. The second-order valence-electron chi connectivity index (χ2n) is 11.8. The van der Waals surface area contributed by atoms with Crippen molar-refractivity contribution in [3.63, 3.8) is 0 Å². The monoisotopic (exact) mass is 620 g/mol. The Kier molecular flexibility index (Phi) is 17.9. The van der Waals surface area contributed by atoms with E-state index in [4.69, 9.17) is 5.11 Å². The molecule has 0 aliphatic heterocycles. The molecule has 0 aliphatic carbocycles. The second kappa shape index (κ2) is 20.4. The molecular formula is C32H52N4O8. The van der Waals surface area contributed by atoms with E-state index in [2.05, 4.69) is 21.3 Å². The van der Waals surface area contributed by atoms with Crippen LogP contribution >= 0.6 is 0 Å². The molecule has 0 bridgehead atoms. The Morgan fingerprint density at radius 2 is 1.48 bits per heavy atom. The van der Waals surface area contributed by atoms with Crippen molar-refractivity contribution in [1.29, 1.82) is 0 Å². The van der Waals surface area contributed by atoms with Crippen molar-refractivity contribution < 1.29 is 39.3 Å². The van der Waals surface area contributed by atoms with E-state index in [0.29, 0.717) is 25.7 Å². The Labute approximate surface area is 260 Å². The fourth-order valence-corrected chi connectivity index (χ4v) is 4.64. The molecule has 1 rings (SSSR count). The Balaban J connectivity index is 2.89. The van der Waals surface area contributed by atoms with Crippen LogP contribution in [0.5, 0.6) is 0 Å². The van der Waals surface area contributed by atoms with Crippen LogP contribution in [0, 0.1) is 11.8 Å². The van der Waals surface area contributed by atoms with Crippen molar-refractivity contribution in [3.05, 3.63) is 35.4 Å². The van der Waals surface area contributed by atoms with Gasteiger partial charge in [-0.25, -0.2) is 0 Å². The number of carboxylic acids is 1. The van der Waals surface area contributed by atoms with Gasteiger partial charge in [0.2, 0.25) is 23.6 Å². The number of aliphatic hydroxyl groups is 2. The predicted molar refractivity (Wildman–Crippen MR) is 166 cm³/mol. The number of carbonyl (C=O) groups excluding carboxylic acids is 4. The van der Waals surface area contributed by atoms with Gasteiger partial charge in [-0.2, -0.15) is 0 Å². The number of aliphatic carboxylic acids is 1. The van der Waals surface area contributed by atoms with Gasteiger partial charge >= 0.3 is 5.97 Å². The first-order chi connectivity index (χ1) is 20.8. The predicted octanol–water partition coefficient (Wildman–Crippen LogP) is 2.15. The Bertz CT molecular complexity index is 1060. The van der Waals surface area contributed by atoms with Gasteiger partial charge in [0, 0.05) is 19.4 Å². The maximum absolute atomic E-state index is 13.4. The van der Waals surface area contributed by atoms with Gasteiger partial charge < -0.3 is 36.6 Å². The van der Waals surface area contributed by atoms with Crippen LogP contribution in [-0.2, 0) is 37.1 Å². The fraction of sp³-hybridized carbons (Fsp3) is 0.656. The molecule has 0 aliphatic rings. The van der Waals surface area contributed by atoms with Gasteiger partial charge in [0.1, 0.15) is 12.1 Å². The molecule has 44 heavy (non-hydrogen) atoms. The number of rotatable bonds is 21. The fourth-order valence-electron chi connectivity index (χ4n) is 4.64. The van der Waals surface area contributed by atoms with Crippen molar-refractivity contribution in [2.75, 3.05) is 0 Å². The molecule has 0 aromatic heterocycles. The molecule has 7 N–H and O–H groups in total. The number of hydrogen-bond donors (Lipinski definition) is 7. The second-order valence-corrected chi connectivity index (χ2v) is 11.8. The largest absolute Gasteiger partial charge is 0.481 e. The van der Waals surface area contributed by atoms with Crippen LogP contribution in [0.4, 0.5) is 0 Å². The summed E-state index contributed by atoms with van der Waals surface area (Å²) in [5, 5.41) is 40.0. The lowest BCUT2D eigenvalue weighted by Gasteiger charge is -2.29. The van der Waals surface area contributed by atoms with Crippen molar-refractivity contribution >= 4 is 29.6 Å². The average Bonchev–Trinajstić information content (AvgIpc) is 2.97. The summed E-state index contributed by atoms with van der Waals surface area (Å²) in [7, 11) is 0. The van der Waals surface area contributed by atoms with Gasteiger partial charge in [0.05, 0.1) is 25.2 Å². The van der Waals surface area contributed by atoms with Crippen LogP contribution in [0.2, 0.25) is 0 Å². The van der Waals surface area contributed by atoms with Gasteiger partial charge in [-0.15, -0.1) is 0 Å². The summed E-state index contributed by atoms with van der Waals surface area (Å²) in [5.74, 6) is -3.01. The van der Waals surface area contributed by atoms with Gasteiger partial charge in [-0.3, -0.25) is 24.0 Å². The third kappa shape index (κ3) is 14.8. The Hall–Kier alpha value is -3.51. The smallest absolute Gasteiger partial charge is 0.303 e. The Morgan fingerprint density at radius 3 is 2.02 bits per heavy atom. The SMILES string of the molecule is CCC[C@H](NC(=O)[C@@H](NC(=O)CCCC(=O)O)[C@@H](C)CC)C(=O)N[C@@H](CC(C)C)[C@@H](O)CC(=O)NCc1ccc(CO)cc1. The highest BCUT2D eigenvalue weighted by Gasteiger charge is 2.32. The summed E-state index contributed by atoms with van der Waals surface area (Å²) in [5.41, 5.74) is 1.59. The van der Waals surface area contributed by atoms with Gasteiger partial charge in [-0.1, -0.05) is 71.7 Å². The molecule has 4 amide bonds. The standard InChI is InChI=1S/C32H52N4O8/c1-6-9-24(34-32(44)30(21(5)7-2)36-27(39)10-8-11-29(41)42)31(43)35-25(16-20(3)4)26(38)17-28(40)33-18-22-12-14-23(19-37)15-13-22/h12-15,20-21,24-26,30,37-38H,6-11,16-19H2,1-5H3,(H,33,40)(H,34,44)(H,35,43)(H,36,39)(H,41,42)/t21-,24-,25-,26-,30-/m0/s1. The maximum Gasteiger partial charge on any atom is 0.303 e. The highest BCUT2D eigenvalue weighted by molar-refractivity contribution is 5.92. The van der Waals surface area contributed by atoms with E-state index < -0.39 is 47.9 Å². The van der Waals surface area contributed by atoms with Crippen molar-refractivity contribution in [3.8, 4) is 0 Å². The van der Waals surface area contributed by atoms with E-state index >= 15 is 0 Å². The summed E-state index contributed by atoms with van der Waals surface area (Å²) in [6.45, 7) is 9.59. The van der Waals surface area contributed by atoms with Crippen LogP contribution in [0.15, 0.2) is 24.3 Å². The first kappa shape index (κ1) is 38.5. The molecule has 12 heteroatoms. The summed E-state index contributed by atoms with van der Waals surface area (Å²) >= 11 is 0. The quantitative estimate of drug-likeness (QED) is 0.109. The third-order valence-electron chi connectivity index (χ3n) is 7.42. The molecule has 0 radical (unpaired) electrons. The number of aliphatic hydroxyl groups excluding tert-OH is 2. The van der Waals surface area contributed by atoms with Crippen LogP contribution in [0.3, 0.4) is 0 Å². The van der Waals surface area contributed by atoms with Crippen LogP contribution < -0.4 is 21.3 Å². The molecule has 0 spiro atoms. The number of amides is 4. The van der Waals surface area contributed by atoms with Crippen LogP contribution in [0.1, 0.15) is 97.1 Å². The normalized spacial score (nSPS) is 14.5. The van der Waals surface area contributed by atoms with Crippen molar-refractivity contribution in [1.82, 2.24) is 21.3 Å². The minimum Gasteiger partial charge on any atom is -0.481 e. The number of benzene rings is 1. The van der Waals surface area contributed by atoms with E-state index in [-0.39, 0.29) is 56.6 Å². The van der Waals surface area contributed by atoms with Gasteiger partial charge in [0.25, 0.3) is 0 Å². The molecule has 248 valence electrons.